The van der Waals surface area contributed by atoms with E-state index in [9.17, 15) is 14.4 Å². The molecule has 0 N–H and O–H groups in total. The van der Waals surface area contributed by atoms with Crippen molar-refractivity contribution in [2.24, 2.45) is 0 Å². The van der Waals surface area contributed by atoms with Crippen LogP contribution in [-0.4, -0.2) is 37.2 Å². The van der Waals surface area contributed by atoms with Gasteiger partial charge in [-0.25, -0.2) is 0 Å². The van der Waals surface area contributed by atoms with Crippen molar-refractivity contribution < 1.29 is 28.6 Å². The molecule has 0 spiro atoms. The van der Waals surface area contributed by atoms with Gasteiger partial charge in [-0.2, -0.15) is 0 Å². The second kappa shape index (κ2) is 56.9. The number of carbonyl (C=O) groups is 3. The molecule has 1 unspecified atom stereocenters. The van der Waals surface area contributed by atoms with Crippen LogP contribution < -0.4 is 0 Å². The molecule has 0 aliphatic carbocycles. The first-order valence-electron chi connectivity index (χ1n) is 28.7. The van der Waals surface area contributed by atoms with Gasteiger partial charge in [-0.1, -0.05) is 227 Å². The molecule has 0 radical (unpaired) electrons. The van der Waals surface area contributed by atoms with Gasteiger partial charge in [0.25, 0.3) is 0 Å². The smallest absolute Gasteiger partial charge is 0.306 e. The molecule has 6 nitrogen and oxygen atoms in total. The zero-order valence-corrected chi connectivity index (χ0v) is 45.0. The van der Waals surface area contributed by atoms with Crippen molar-refractivity contribution in [1.29, 1.82) is 0 Å². The summed E-state index contributed by atoms with van der Waals surface area (Å²) in [6.07, 6.45) is 75.4. The van der Waals surface area contributed by atoms with Gasteiger partial charge in [0.2, 0.25) is 0 Å². The molecule has 0 amide bonds. The van der Waals surface area contributed by atoms with Crippen LogP contribution in [0.1, 0.15) is 265 Å². The van der Waals surface area contributed by atoms with Crippen molar-refractivity contribution in [2.75, 3.05) is 13.2 Å². The van der Waals surface area contributed by atoms with Crippen molar-refractivity contribution >= 4 is 17.9 Å². The van der Waals surface area contributed by atoms with E-state index >= 15 is 0 Å². The third-order valence-corrected chi connectivity index (χ3v) is 12.1. The van der Waals surface area contributed by atoms with E-state index in [0.29, 0.717) is 12.8 Å². The summed E-state index contributed by atoms with van der Waals surface area (Å²) in [6, 6.07) is 0. The maximum Gasteiger partial charge on any atom is 0.306 e. The van der Waals surface area contributed by atoms with Crippen molar-refractivity contribution in [3.05, 3.63) is 97.2 Å². The highest BCUT2D eigenvalue weighted by Gasteiger charge is 2.19. The predicted octanol–water partition coefficient (Wildman–Crippen LogP) is 19.3. The van der Waals surface area contributed by atoms with Gasteiger partial charge < -0.3 is 14.2 Å². The molecule has 0 heterocycles. The minimum atomic E-state index is -0.801. The lowest BCUT2D eigenvalue weighted by Crippen LogP contribution is -2.30. The van der Waals surface area contributed by atoms with Crippen LogP contribution in [0.2, 0.25) is 0 Å². The normalized spacial score (nSPS) is 12.8. The van der Waals surface area contributed by atoms with Gasteiger partial charge in [-0.15, -0.1) is 0 Å². The largest absolute Gasteiger partial charge is 0.462 e. The summed E-state index contributed by atoms with van der Waals surface area (Å²) < 4.78 is 16.8. The zero-order valence-electron chi connectivity index (χ0n) is 45.0. The first-order chi connectivity index (χ1) is 34.0. The van der Waals surface area contributed by atoms with E-state index in [-0.39, 0.29) is 37.5 Å². The Balaban J connectivity index is 4.45. The monoisotopic (exact) mass is 959 g/mol. The Bertz CT molecular complexity index is 1380. The SMILES string of the molecule is CC/C=C\C/C=C\C/C=C\C/C=C\CCCCCC(=O)OC(COC(=O)CCCCCCC/C=C\CCCCCCCCC)COC(=O)CCCCCCCCCCC/C=C\C/C=C\C/C=C\CC. The average molecular weight is 960 g/mol. The molecule has 0 aliphatic heterocycles. The molecule has 0 aromatic carbocycles. The fourth-order valence-electron chi connectivity index (χ4n) is 7.80. The Morgan fingerprint density at radius 1 is 0.304 bits per heavy atom. The molecule has 0 saturated heterocycles. The fourth-order valence-corrected chi connectivity index (χ4v) is 7.80. The van der Waals surface area contributed by atoms with Crippen LogP contribution in [0.5, 0.6) is 0 Å². The third-order valence-electron chi connectivity index (χ3n) is 12.1. The van der Waals surface area contributed by atoms with E-state index in [4.69, 9.17) is 14.2 Å². The Kier molecular flexibility index (Phi) is 53.9. The van der Waals surface area contributed by atoms with Crippen molar-refractivity contribution in [3.63, 3.8) is 0 Å². The lowest BCUT2D eigenvalue weighted by atomic mass is 10.1. The van der Waals surface area contributed by atoms with Crippen LogP contribution in [0, 0.1) is 0 Å². The van der Waals surface area contributed by atoms with Crippen LogP contribution in [0.3, 0.4) is 0 Å². The van der Waals surface area contributed by atoms with Gasteiger partial charge in [0, 0.05) is 19.3 Å². The number of carbonyl (C=O) groups excluding carboxylic acids is 3. The number of hydrogen-bond acceptors (Lipinski definition) is 6. The third kappa shape index (κ3) is 55.1. The van der Waals surface area contributed by atoms with Gasteiger partial charge in [0.1, 0.15) is 13.2 Å². The van der Waals surface area contributed by atoms with Crippen molar-refractivity contribution in [1.82, 2.24) is 0 Å². The quantitative estimate of drug-likeness (QED) is 0.0262. The molecular weight excluding hydrogens is 853 g/mol. The minimum Gasteiger partial charge on any atom is -0.462 e. The summed E-state index contributed by atoms with van der Waals surface area (Å²) in [7, 11) is 0. The molecule has 0 aromatic heterocycles. The number of allylic oxidation sites excluding steroid dienone is 16. The van der Waals surface area contributed by atoms with Gasteiger partial charge in [-0.05, 0) is 116 Å². The first-order valence-corrected chi connectivity index (χ1v) is 28.7. The highest BCUT2D eigenvalue weighted by molar-refractivity contribution is 5.71. The number of unbranched alkanes of at least 4 members (excludes halogenated alkanes) is 24. The van der Waals surface area contributed by atoms with Crippen LogP contribution >= 0.6 is 0 Å². The summed E-state index contributed by atoms with van der Waals surface area (Å²) in [6.45, 7) is 6.39. The molecule has 6 heteroatoms. The van der Waals surface area contributed by atoms with E-state index < -0.39 is 6.10 Å². The van der Waals surface area contributed by atoms with Crippen LogP contribution in [0.4, 0.5) is 0 Å². The Morgan fingerprint density at radius 3 is 0.913 bits per heavy atom. The summed E-state index contributed by atoms with van der Waals surface area (Å²) >= 11 is 0. The predicted molar refractivity (Wildman–Crippen MR) is 297 cm³/mol. The maximum atomic E-state index is 12.8. The van der Waals surface area contributed by atoms with Crippen LogP contribution in [0.15, 0.2) is 97.2 Å². The van der Waals surface area contributed by atoms with Gasteiger partial charge >= 0.3 is 17.9 Å². The average Bonchev–Trinajstić information content (AvgIpc) is 3.35. The minimum absolute atomic E-state index is 0.0963. The Hall–Kier alpha value is -3.67. The molecule has 1 atom stereocenters. The summed E-state index contributed by atoms with van der Waals surface area (Å²) in [5.41, 5.74) is 0. The summed E-state index contributed by atoms with van der Waals surface area (Å²) in [4.78, 5) is 38.2. The van der Waals surface area contributed by atoms with Gasteiger partial charge in [0.05, 0.1) is 0 Å². The molecule has 0 fully saturated rings. The summed E-state index contributed by atoms with van der Waals surface area (Å²) in [5, 5.41) is 0. The number of rotatable bonds is 51. The number of esters is 3. The van der Waals surface area contributed by atoms with Gasteiger partial charge in [0.15, 0.2) is 6.10 Å². The molecular formula is C63H106O6. The lowest BCUT2D eigenvalue weighted by molar-refractivity contribution is -0.167. The summed E-state index contributed by atoms with van der Waals surface area (Å²) in [5.74, 6) is -0.938. The molecule has 0 rings (SSSR count). The Labute approximate surface area is 426 Å². The highest BCUT2D eigenvalue weighted by atomic mass is 16.6. The van der Waals surface area contributed by atoms with Crippen molar-refractivity contribution in [2.45, 2.75) is 271 Å². The zero-order chi connectivity index (χ0) is 50.0. The number of ether oxygens (including phenoxy) is 3. The first kappa shape index (κ1) is 65.3. The van der Waals surface area contributed by atoms with E-state index in [2.05, 4.69) is 118 Å². The van der Waals surface area contributed by atoms with E-state index in [0.717, 1.165) is 116 Å². The maximum absolute atomic E-state index is 12.8. The standard InChI is InChI=1S/C63H106O6/c1-4-7-10-13-16-19-22-25-28-31-32-33-36-38-41-44-47-50-53-56-62(65)68-59-60(69-63(66)57-54-51-48-45-42-39-35-30-27-24-21-18-15-12-9-6-3)58-67-61(64)55-52-49-46-43-40-37-34-29-26-23-20-17-14-11-8-5-2/h7,9-10,12,16,18-19,21,25,27-30,34,39,42,60H,4-6,8,11,13-15,17,20,22-24,26,31-33,35-38,40-41,43-59H2,1-3H3/b10-7-,12-9-,19-16-,21-18-,28-25-,30-27-,34-29-,42-39-. The van der Waals surface area contributed by atoms with E-state index in [1.165, 1.54) is 109 Å². The molecule has 0 aliphatic rings. The molecule has 394 valence electrons. The fraction of sp³-hybridized carbons (Fsp3) is 0.698. The Morgan fingerprint density at radius 2 is 0.565 bits per heavy atom. The topological polar surface area (TPSA) is 78.9 Å². The van der Waals surface area contributed by atoms with Crippen LogP contribution in [0.25, 0.3) is 0 Å². The lowest BCUT2D eigenvalue weighted by Gasteiger charge is -2.18. The van der Waals surface area contributed by atoms with E-state index in [1.54, 1.807) is 0 Å². The van der Waals surface area contributed by atoms with Crippen molar-refractivity contribution in [3.8, 4) is 0 Å². The molecule has 69 heavy (non-hydrogen) atoms. The number of hydrogen-bond donors (Lipinski definition) is 0. The highest BCUT2D eigenvalue weighted by Crippen LogP contribution is 2.15. The van der Waals surface area contributed by atoms with E-state index in [1.807, 2.05) is 0 Å². The van der Waals surface area contributed by atoms with Crippen LogP contribution in [-0.2, 0) is 28.6 Å². The molecule has 0 aromatic rings. The second-order valence-electron chi connectivity index (χ2n) is 18.8. The van der Waals surface area contributed by atoms with Gasteiger partial charge in [-0.3, -0.25) is 14.4 Å². The second-order valence-corrected chi connectivity index (χ2v) is 18.8. The molecule has 0 bridgehead atoms. The molecule has 0 saturated carbocycles.